The molecular formula is C10H12F2N2O2. The highest BCUT2D eigenvalue weighted by atomic mass is 19.3. The zero-order chi connectivity index (χ0) is 12.3. The highest BCUT2D eigenvalue weighted by molar-refractivity contribution is 5.96. The molecule has 0 saturated carbocycles. The normalized spacial score (nSPS) is 10.6. The van der Waals surface area contributed by atoms with E-state index in [-0.39, 0.29) is 23.6 Å². The van der Waals surface area contributed by atoms with Gasteiger partial charge in [0, 0.05) is 5.69 Å². The minimum Gasteiger partial charge on any atom is -0.462 e. The Balaban J connectivity index is 3.17. The number of halogens is 2. The molecule has 0 aromatic carbocycles. The maximum atomic E-state index is 12.4. The maximum Gasteiger partial charge on any atom is 0.342 e. The van der Waals surface area contributed by atoms with Gasteiger partial charge in [0.25, 0.3) is 6.43 Å². The topological polar surface area (TPSA) is 65.2 Å². The van der Waals surface area contributed by atoms with Crippen LogP contribution in [0.3, 0.4) is 0 Å². The lowest BCUT2D eigenvalue weighted by molar-refractivity contribution is 0.0525. The largest absolute Gasteiger partial charge is 0.462 e. The van der Waals surface area contributed by atoms with Crippen LogP contribution in [0.2, 0.25) is 0 Å². The molecule has 0 fully saturated rings. The van der Waals surface area contributed by atoms with Crippen molar-refractivity contribution < 1.29 is 18.3 Å². The summed E-state index contributed by atoms with van der Waals surface area (Å²) in [4.78, 5) is 15.0. The van der Waals surface area contributed by atoms with Crippen LogP contribution < -0.4 is 5.73 Å². The van der Waals surface area contributed by atoms with Gasteiger partial charge in [0.05, 0.1) is 12.3 Å². The van der Waals surface area contributed by atoms with Crippen LogP contribution in [0.25, 0.3) is 0 Å². The van der Waals surface area contributed by atoms with Crippen molar-refractivity contribution >= 4 is 11.7 Å². The van der Waals surface area contributed by atoms with Gasteiger partial charge < -0.3 is 10.5 Å². The molecule has 0 unspecified atom stereocenters. The first-order valence-electron chi connectivity index (χ1n) is 4.69. The fraction of sp³-hybridized carbons (Fsp3) is 0.400. The Bertz CT molecular complexity index is 385. The number of pyridine rings is 1. The van der Waals surface area contributed by atoms with E-state index in [2.05, 4.69) is 4.98 Å². The van der Waals surface area contributed by atoms with Gasteiger partial charge in [0.1, 0.15) is 11.3 Å². The van der Waals surface area contributed by atoms with Gasteiger partial charge in [-0.25, -0.2) is 13.6 Å². The molecule has 4 nitrogen and oxygen atoms in total. The summed E-state index contributed by atoms with van der Waals surface area (Å²) in [6.07, 6.45) is -2.71. The van der Waals surface area contributed by atoms with Crippen LogP contribution in [0.1, 0.15) is 35.1 Å². The van der Waals surface area contributed by atoms with E-state index in [9.17, 15) is 13.6 Å². The Hall–Kier alpha value is -1.72. The van der Waals surface area contributed by atoms with E-state index >= 15 is 0 Å². The van der Waals surface area contributed by atoms with Gasteiger partial charge in [-0.2, -0.15) is 0 Å². The Morgan fingerprint density at radius 2 is 2.25 bits per heavy atom. The van der Waals surface area contributed by atoms with Crippen molar-refractivity contribution in [1.29, 1.82) is 0 Å². The van der Waals surface area contributed by atoms with Crippen LogP contribution in [-0.2, 0) is 4.74 Å². The number of nitrogens with two attached hydrogens (primary N) is 1. The second kappa shape index (κ2) is 4.87. The molecule has 1 heterocycles. The average Bonchev–Trinajstić information content (AvgIpc) is 2.16. The average molecular weight is 230 g/mol. The van der Waals surface area contributed by atoms with E-state index in [0.29, 0.717) is 0 Å². The Labute approximate surface area is 91.4 Å². The minimum absolute atomic E-state index is 0.0405. The van der Waals surface area contributed by atoms with Gasteiger partial charge in [-0.15, -0.1) is 0 Å². The molecule has 0 bridgehead atoms. The van der Waals surface area contributed by atoms with Crippen LogP contribution in [0.5, 0.6) is 0 Å². The Morgan fingerprint density at radius 3 is 2.69 bits per heavy atom. The van der Waals surface area contributed by atoms with E-state index in [1.54, 1.807) is 6.92 Å². The first-order chi connectivity index (χ1) is 7.47. The summed E-state index contributed by atoms with van der Waals surface area (Å²) in [6, 6.07) is 0.990. The summed E-state index contributed by atoms with van der Waals surface area (Å²) in [5.41, 5.74) is 5.23. The molecular weight excluding hydrogens is 218 g/mol. The molecule has 0 amide bonds. The quantitative estimate of drug-likeness (QED) is 0.807. The monoisotopic (exact) mass is 230 g/mol. The number of nitrogens with zero attached hydrogens (tertiary/aromatic N) is 1. The fourth-order valence-electron chi connectivity index (χ4n) is 1.30. The van der Waals surface area contributed by atoms with Crippen molar-refractivity contribution in [2.45, 2.75) is 20.3 Å². The number of alkyl halides is 2. The summed E-state index contributed by atoms with van der Waals surface area (Å²) < 4.78 is 29.5. The third-order valence-corrected chi connectivity index (χ3v) is 1.95. The summed E-state index contributed by atoms with van der Waals surface area (Å²) in [6.45, 7) is 3.27. The van der Waals surface area contributed by atoms with Crippen LogP contribution in [0, 0.1) is 6.92 Å². The molecule has 0 radical (unpaired) electrons. The number of hydrogen-bond donors (Lipinski definition) is 1. The molecule has 0 aliphatic rings. The van der Waals surface area contributed by atoms with E-state index < -0.39 is 18.1 Å². The van der Waals surface area contributed by atoms with Crippen molar-refractivity contribution in [2.75, 3.05) is 12.3 Å². The first kappa shape index (κ1) is 12.4. The lowest BCUT2D eigenvalue weighted by Crippen LogP contribution is -2.12. The van der Waals surface area contributed by atoms with Crippen molar-refractivity contribution in [3.05, 3.63) is 23.0 Å². The second-order valence-corrected chi connectivity index (χ2v) is 3.12. The molecule has 16 heavy (non-hydrogen) atoms. The van der Waals surface area contributed by atoms with Crippen LogP contribution in [-0.4, -0.2) is 17.6 Å². The van der Waals surface area contributed by atoms with Gasteiger partial charge in [-0.3, -0.25) is 4.98 Å². The molecule has 1 rings (SSSR count). The van der Waals surface area contributed by atoms with E-state index in [1.807, 2.05) is 0 Å². The van der Waals surface area contributed by atoms with Crippen LogP contribution >= 0.6 is 0 Å². The highest BCUT2D eigenvalue weighted by Gasteiger charge is 2.19. The van der Waals surface area contributed by atoms with E-state index in [1.165, 1.54) is 6.92 Å². The number of ether oxygens (including phenoxy) is 1. The lowest BCUT2D eigenvalue weighted by Gasteiger charge is -2.09. The number of nitrogen functional groups attached to an aromatic ring is 1. The summed E-state index contributed by atoms with van der Waals surface area (Å²) in [7, 11) is 0. The van der Waals surface area contributed by atoms with Crippen molar-refractivity contribution in [2.24, 2.45) is 0 Å². The van der Waals surface area contributed by atoms with E-state index in [0.717, 1.165) is 6.07 Å². The molecule has 1 aromatic heterocycles. The maximum absolute atomic E-state index is 12.4. The third-order valence-electron chi connectivity index (χ3n) is 1.95. The molecule has 0 aliphatic heterocycles. The van der Waals surface area contributed by atoms with Gasteiger partial charge in [0.2, 0.25) is 0 Å². The molecule has 6 heteroatoms. The number of hydrogen-bond acceptors (Lipinski definition) is 4. The summed E-state index contributed by atoms with van der Waals surface area (Å²) in [5, 5.41) is 0. The Kier molecular flexibility index (Phi) is 3.76. The number of carbonyl (C=O) groups is 1. The summed E-state index contributed by atoms with van der Waals surface area (Å²) >= 11 is 0. The highest BCUT2D eigenvalue weighted by Crippen LogP contribution is 2.23. The lowest BCUT2D eigenvalue weighted by atomic mass is 10.1. The molecule has 0 aliphatic carbocycles. The number of aryl methyl sites for hydroxylation is 1. The van der Waals surface area contributed by atoms with Gasteiger partial charge in [0.15, 0.2) is 0 Å². The smallest absolute Gasteiger partial charge is 0.342 e. The van der Waals surface area contributed by atoms with E-state index in [4.69, 9.17) is 10.5 Å². The number of aromatic nitrogens is 1. The number of esters is 1. The zero-order valence-corrected chi connectivity index (χ0v) is 8.96. The molecule has 0 saturated heterocycles. The van der Waals surface area contributed by atoms with Gasteiger partial charge >= 0.3 is 5.97 Å². The fourth-order valence-corrected chi connectivity index (χ4v) is 1.30. The van der Waals surface area contributed by atoms with Crippen molar-refractivity contribution in [3.63, 3.8) is 0 Å². The minimum atomic E-state index is -2.71. The van der Waals surface area contributed by atoms with Gasteiger partial charge in [-0.05, 0) is 19.9 Å². The molecule has 0 atom stereocenters. The predicted molar refractivity (Wildman–Crippen MR) is 54.3 cm³/mol. The molecule has 0 spiro atoms. The Morgan fingerprint density at radius 1 is 1.62 bits per heavy atom. The number of anilines is 1. The summed E-state index contributed by atoms with van der Waals surface area (Å²) in [5.74, 6) is -0.647. The standard InChI is InChI=1S/C10H12F2N2O2/c1-3-16-10(15)8-5(2)14-7(9(11)12)4-6(8)13/h4,9H,3H2,1-2H3,(H2,13,14). The number of carbonyl (C=O) groups excluding carboxylic acids is 1. The van der Waals surface area contributed by atoms with Crippen molar-refractivity contribution in [3.8, 4) is 0 Å². The second-order valence-electron chi connectivity index (χ2n) is 3.12. The molecule has 2 N–H and O–H groups in total. The molecule has 88 valence electrons. The van der Waals surface area contributed by atoms with Crippen LogP contribution in [0.15, 0.2) is 6.07 Å². The van der Waals surface area contributed by atoms with Crippen molar-refractivity contribution in [1.82, 2.24) is 4.98 Å². The SMILES string of the molecule is CCOC(=O)c1c(N)cc(C(F)F)nc1C. The van der Waals surface area contributed by atoms with Gasteiger partial charge in [-0.1, -0.05) is 0 Å². The zero-order valence-electron chi connectivity index (χ0n) is 8.96. The third kappa shape index (κ3) is 2.44. The first-order valence-corrected chi connectivity index (χ1v) is 4.69. The molecule has 1 aromatic rings. The van der Waals surface area contributed by atoms with Crippen LogP contribution in [0.4, 0.5) is 14.5 Å². The predicted octanol–water partition coefficient (Wildman–Crippen LogP) is 2.09. The number of rotatable bonds is 3.